The number of allylic oxidation sites excluding steroid dienone is 5. The van der Waals surface area contributed by atoms with Crippen LogP contribution in [0.25, 0.3) is 0 Å². The van der Waals surface area contributed by atoms with Gasteiger partial charge in [0, 0.05) is 0 Å². The normalized spacial score (nSPS) is 13.4. The van der Waals surface area contributed by atoms with Gasteiger partial charge < -0.3 is 20.6 Å². The second-order valence-electron chi connectivity index (χ2n) is 21.3. The molecular formula is C63H121NO4. The Bertz CT molecular complexity index is 1060. The first-order chi connectivity index (χ1) is 33.6. The molecule has 0 aliphatic heterocycles. The van der Waals surface area contributed by atoms with Crippen molar-refractivity contribution in [1.82, 2.24) is 5.32 Å². The highest BCUT2D eigenvalue weighted by atomic mass is 16.3. The Morgan fingerprint density at radius 1 is 0.353 bits per heavy atom. The summed E-state index contributed by atoms with van der Waals surface area (Å²) in [6, 6.07) is -0.821. The fraction of sp³-hybridized carbons (Fsp3) is 0.889. The Labute approximate surface area is 425 Å². The van der Waals surface area contributed by atoms with Crippen LogP contribution < -0.4 is 5.32 Å². The molecule has 0 aromatic heterocycles. The van der Waals surface area contributed by atoms with Crippen LogP contribution in [0.1, 0.15) is 335 Å². The molecule has 3 atom stereocenters. The largest absolute Gasteiger partial charge is 0.394 e. The van der Waals surface area contributed by atoms with Crippen molar-refractivity contribution < 1.29 is 20.1 Å². The Hall–Kier alpha value is -1.43. The predicted octanol–water partition coefficient (Wildman–Crippen LogP) is 19.4. The number of hydrogen-bond donors (Lipinski definition) is 4. The van der Waals surface area contributed by atoms with Gasteiger partial charge in [-0.15, -0.1) is 0 Å². The van der Waals surface area contributed by atoms with Crippen molar-refractivity contribution in [3.8, 4) is 0 Å². The molecule has 1 amide bonds. The smallest absolute Gasteiger partial charge is 0.249 e. The van der Waals surface area contributed by atoms with Crippen LogP contribution in [0.4, 0.5) is 0 Å². The molecule has 3 unspecified atom stereocenters. The van der Waals surface area contributed by atoms with E-state index >= 15 is 0 Å². The summed E-state index contributed by atoms with van der Waals surface area (Å²) in [7, 11) is 0. The van der Waals surface area contributed by atoms with Gasteiger partial charge in [0.2, 0.25) is 5.91 Å². The quantitative estimate of drug-likeness (QED) is 0.0361. The second kappa shape index (κ2) is 58.1. The van der Waals surface area contributed by atoms with Gasteiger partial charge in [-0.25, -0.2) is 0 Å². The van der Waals surface area contributed by atoms with E-state index < -0.39 is 24.2 Å². The fourth-order valence-corrected chi connectivity index (χ4v) is 9.69. The summed E-state index contributed by atoms with van der Waals surface area (Å²) < 4.78 is 0. The van der Waals surface area contributed by atoms with Crippen LogP contribution in [0.5, 0.6) is 0 Å². The summed E-state index contributed by atoms with van der Waals surface area (Å²) in [6.45, 7) is 4.21. The van der Waals surface area contributed by atoms with Crippen LogP contribution in [-0.2, 0) is 4.79 Å². The lowest BCUT2D eigenvalue weighted by atomic mass is 10.0. The van der Waals surface area contributed by atoms with Crippen LogP contribution in [0.3, 0.4) is 0 Å². The highest BCUT2D eigenvalue weighted by molar-refractivity contribution is 5.80. The van der Waals surface area contributed by atoms with E-state index in [2.05, 4.69) is 43.5 Å². The van der Waals surface area contributed by atoms with Gasteiger partial charge in [0.05, 0.1) is 18.8 Å². The van der Waals surface area contributed by atoms with Crippen molar-refractivity contribution in [2.75, 3.05) is 6.61 Å². The van der Waals surface area contributed by atoms with Crippen LogP contribution in [0, 0.1) is 0 Å². The number of unbranched alkanes of at least 4 members (excludes halogenated alkanes) is 45. The van der Waals surface area contributed by atoms with Crippen molar-refractivity contribution in [2.45, 2.75) is 353 Å². The molecule has 0 aliphatic rings. The highest BCUT2D eigenvalue weighted by Gasteiger charge is 2.22. The van der Waals surface area contributed by atoms with E-state index in [1.54, 1.807) is 6.08 Å². The van der Waals surface area contributed by atoms with Gasteiger partial charge in [0.1, 0.15) is 6.10 Å². The topological polar surface area (TPSA) is 89.8 Å². The average molecular weight is 957 g/mol. The maximum atomic E-state index is 12.6. The number of amides is 1. The minimum Gasteiger partial charge on any atom is -0.394 e. The Morgan fingerprint density at radius 2 is 0.603 bits per heavy atom. The minimum absolute atomic E-state index is 0.379. The number of aliphatic hydroxyl groups is 3. The third-order valence-electron chi connectivity index (χ3n) is 14.5. The summed E-state index contributed by atoms with van der Waals surface area (Å²) in [5.74, 6) is -0.511. The molecule has 0 heterocycles. The van der Waals surface area contributed by atoms with Gasteiger partial charge in [-0.05, 0) is 44.9 Å². The number of rotatable bonds is 57. The predicted molar refractivity (Wildman–Crippen MR) is 301 cm³/mol. The van der Waals surface area contributed by atoms with Gasteiger partial charge in [0.15, 0.2) is 0 Å². The van der Waals surface area contributed by atoms with Crippen molar-refractivity contribution in [3.63, 3.8) is 0 Å². The van der Waals surface area contributed by atoms with E-state index in [0.717, 1.165) is 44.9 Å². The molecule has 0 rings (SSSR count). The molecule has 0 radical (unpaired) electrons. The minimum atomic E-state index is -1.11. The molecule has 4 N–H and O–H groups in total. The lowest BCUT2D eigenvalue weighted by molar-refractivity contribution is -0.131. The van der Waals surface area contributed by atoms with E-state index in [0.29, 0.717) is 6.42 Å². The summed E-state index contributed by atoms with van der Waals surface area (Å²) in [5, 5.41) is 33.4. The lowest BCUT2D eigenvalue weighted by Crippen LogP contribution is -2.48. The van der Waals surface area contributed by atoms with Crippen LogP contribution in [-0.4, -0.2) is 46.1 Å². The molecule has 0 aromatic rings. The third-order valence-corrected chi connectivity index (χ3v) is 14.5. The molecular weight excluding hydrogens is 835 g/mol. The molecule has 0 aromatic carbocycles. The van der Waals surface area contributed by atoms with Crippen molar-refractivity contribution >= 4 is 5.91 Å². The lowest BCUT2D eigenvalue weighted by Gasteiger charge is -2.21. The number of carbonyl (C=O) groups is 1. The number of aliphatic hydroxyl groups excluding tert-OH is 3. The first-order valence-corrected chi connectivity index (χ1v) is 30.8. The summed E-state index contributed by atoms with van der Waals surface area (Å²) in [6.07, 6.45) is 76.8. The van der Waals surface area contributed by atoms with Gasteiger partial charge >= 0.3 is 0 Å². The van der Waals surface area contributed by atoms with Gasteiger partial charge in [0.25, 0.3) is 0 Å². The van der Waals surface area contributed by atoms with Gasteiger partial charge in [-0.2, -0.15) is 0 Å². The summed E-state index contributed by atoms with van der Waals surface area (Å²) in [5.41, 5.74) is 0. The molecule has 0 fully saturated rings. The molecule has 0 aliphatic carbocycles. The van der Waals surface area contributed by atoms with E-state index in [1.165, 1.54) is 270 Å². The standard InChI is InChI=1S/C63H121NO4/c1-3-5-7-9-11-13-15-17-19-21-23-25-27-28-29-30-31-32-33-34-35-36-38-40-42-44-46-48-50-52-54-56-58-62(67)63(68)64-60(59-65)61(66)57-55-53-51-49-47-45-43-41-39-37-26-24-22-20-18-16-14-12-10-8-6-4-2/h39,41,47,49,55,57,60-62,65-67H,3-38,40,42-46,48,50-54,56,58-59H2,1-2H3,(H,64,68)/b41-39+,49-47+,57-55+. The maximum absolute atomic E-state index is 12.6. The van der Waals surface area contributed by atoms with Gasteiger partial charge in [-0.3, -0.25) is 4.79 Å². The van der Waals surface area contributed by atoms with Crippen LogP contribution in [0.2, 0.25) is 0 Å². The molecule has 68 heavy (non-hydrogen) atoms. The molecule has 0 saturated heterocycles. The zero-order valence-corrected chi connectivity index (χ0v) is 46.0. The number of carbonyl (C=O) groups excluding carboxylic acids is 1. The molecule has 0 saturated carbocycles. The molecule has 0 bridgehead atoms. The number of nitrogens with one attached hydrogen (secondary N) is 1. The molecule has 0 spiro atoms. The summed E-state index contributed by atoms with van der Waals surface area (Å²) in [4.78, 5) is 12.6. The molecule has 5 nitrogen and oxygen atoms in total. The maximum Gasteiger partial charge on any atom is 0.249 e. The zero-order valence-electron chi connectivity index (χ0n) is 46.0. The van der Waals surface area contributed by atoms with Crippen molar-refractivity contribution in [2.24, 2.45) is 0 Å². The fourth-order valence-electron chi connectivity index (χ4n) is 9.69. The zero-order chi connectivity index (χ0) is 49.3. The third kappa shape index (κ3) is 52.4. The van der Waals surface area contributed by atoms with E-state index in [4.69, 9.17) is 0 Å². The highest BCUT2D eigenvalue weighted by Crippen LogP contribution is 2.18. The summed E-state index contributed by atoms with van der Waals surface area (Å²) >= 11 is 0. The van der Waals surface area contributed by atoms with E-state index in [9.17, 15) is 20.1 Å². The molecule has 402 valence electrons. The Balaban J connectivity index is 3.55. The van der Waals surface area contributed by atoms with Crippen molar-refractivity contribution in [3.05, 3.63) is 36.5 Å². The Morgan fingerprint density at radius 3 is 0.897 bits per heavy atom. The van der Waals surface area contributed by atoms with Gasteiger partial charge in [-0.1, -0.05) is 326 Å². The Kier molecular flexibility index (Phi) is 56.9. The van der Waals surface area contributed by atoms with E-state index in [1.807, 2.05) is 6.08 Å². The average Bonchev–Trinajstić information content (AvgIpc) is 3.34. The molecule has 5 heteroatoms. The van der Waals surface area contributed by atoms with Crippen LogP contribution in [0.15, 0.2) is 36.5 Å². The number of hydrogen-bond acceptors (Lipinski definition) is 4. The van der Waals surface area contributed by atoms with E-state index in [-0.39, 0.29) is 6.61 Å². The SMILES string of the molecule is CCCCCCCCCCCCCC/C=C/CC/C=C/CC/C=C/C(O)C(CO)NC(=O)C(O)CCCCCCCCCCCCCCCCCCCCCCCCCCCCCCCCCC. The van der Waals surface area contributed by atoms with Crippen LogP contribution >= 0.6 is 0 Å². The first kappa shape index (κ1) is 66.6. The first-order valence-electron chi connectivity index (χ1n) is 30.8. The second-order valence-corrected chi connectivity index (χ2v) is 21.3. The van der Waals surface area contributed by atoms with Crippen molar-refractivity contribution in [1.29, 1.82) is 0 Å². The monoisotopic (exact) mass is 956 g/mol.